The van der Waals surface area contributed by atoms with Gasteiger partial charge in [0.05, 0.1) is 29.4 Å². The van der Waals surface area contributed by atoms with Crippen molar-refractivity contribution in [3.05, 3.63) is 101 Å². The van der Waals surface area contributed by atoms with Crippen molar-refractivity contribution < 1.29 is 22.3 Å². The van der Waals surface area contributed by atoms with E-state index in [1.165, 1.54) is 27.5 Å². The minimum Gasteiger partial charge on any atom is -0.454 e. The van der Waals surface area contributed by atoms with Gasteiger partial charge in [0, 0.05) is 31.2 Å². The molecule has 222 valence electrons. The quantitative estimate of drug-likeness (QED) is 0.364. The molecule has 3 N–H and O–H groups in total. The average molecular weight is 603 g/mol. The van der Waals surface area contributed by atoms with Crippen LogP contribution in [0.25, 0.3) is 5.69 Å². The Morgan fingerprint density at radius 1 is 1.14 bits per heavy atom. The van der Waals surface area contributed by atoms with E-state index in [2.05, 4.69) is 15.4 Å². The van der Waals surface area contributed by atoms with Crippen LogP contribution in [-0.2, 0) is 10.0 Å². The highest BCUT2D eigenvalue weighted by atomic mass is 32.2. The Kier molecular flexibility index (Phi) is 7.49. The van der Waals surface area contributed by atoms with Gasteiger partial charge in [0.1, 0.15) is 17.3 Å². The number of nitrogens with one attached hydrogen (secondary N) is 1. The zero-order chi connectivity index (χ0) is 30.3. The van der Waals surface area contributed by atoms with Gasteiger partial charge in [0.25, 0.3) is 0 Å². The summed E-state index contributed by atoms with van der Waals surface area (Å²) in [7, 11) is -3.17. The number of allylic oxidation sites excluding steroid dienone is 5. The van der Waals surface area contributed by atoms with Gasteiger partial charge in [-0.3, -0.25) is 4.79 Å². The molecule has 0 amide bonds. The van der Waals surface area contributed by atoms with E-state index in [1.807, 2.05) is 19.1 Å². The summed E-state index contributed by atoms with van der Waals surface area (Å²) in [5.41, 5.74) is 10.9. The van der Waals surface area contributed by atoms with Crippen molar-refractivity contribution >= 4 is 27.3 Å². The zero-order valence-corrected chi connectivity index (χ0v) is 24.6. The summed E-state index contributed by atoms with van der Waals surface area (Å²) in [4.78, 5) is 18.0. The first kappa shape index (κ1) is 28.6. The molecule has 0 saturated carbocycles. The molecule has 10 nitrogen and oxygen atoms in total. The Morgan fingerprint density at radius 2 is 1.91 bits per heavy atom. The van der Waals surface area contributed by atoms with E-state index in [4.69, 9.17) is 10.5 Å². The molecule has 1 aliphatic carbocycles. The number of ether oxygens (including phenoxy) is 1. The molecule has 6 rings (SSSR count). The molecule has 3 aromatic rings. The number of fused-ring (bicyclic) bond motifs is 1. The van der Waals surface area contributed by atoms with Gasteiger partial charge in [-0.15, -0.1) is 0 Å². The van der Waals surface area contributed by atoms with Crippen LogP contribution in [0.1, 0.15) is 35.2 Å². The van der Waals surface area contributed by atoms with Gasteiger partial charge in [-0.25, -0.2) is 26.8 Å². The number of carbonyl (C=O) groups is 1. The molecule has 43 heavy (non-hydrogen) atoms. The fraction of sp³-hybridized carbons (Fsp3) is 0.258. The smallest absolute Gasteiger partial charge is 0.216 e. The van der Waals surface area contributed by atoms with Crippen molar-refractivity contribution in [2.45, 2.75) is 32.2 Å². The Balaban J connectivity index is 1.14. The molecule has 0 bridgehead atoms. The van der Waals surface area contributed by atoms with Gasteiger partial charge < -0.3 is 15.8 Å². The van der Waals surface area contributed by atoms with Crippen LogP contribution in [0, 0.1) is 12.7 Å². The lowest BCUT2D eigenvalue weighted by atomic mass is 10.00. The number of aliphatic imine (C=N–C) groups is 1. The maximum atomic E-state index is 14.0. The van der Waals surface area contributed by atoms with Crippen molar-refractivity contribution in [3.8, 4) is 17.2 Å². The number of nitrogens with two attached hydrogens (primary N) is 1. The number of para-hydroxylation sites is 1. The number of aryl methyl sites for hydroxylation is 1. The van der Waals surface area contributed by atoms with Gasteiger partial charge in [0.2, 0.25) is 15.8 Å². The number of ketones is 1. The number of hydrogen-bond donors (Lipinski definition) is 2. The van der Waals surface area contributed by atoms with Gasteiger partial charge in [0.15, 0.2) is 11.6 Å². The molecule has 1 fully saturated rings. The Labute approximate surface area is 249 Å². The van der Waals surface area contributed by atoms with Crippen molar-refractivity contribution in [3.63, 3.8) is 0 Å². The molecule has 3 heterocycles. The number of aromatic nitrogens is 2. The van der Waals surface area contributed by atoms with Crippen molar-refractivity contribution in [2.24, 2.45) is 4.99 Å². The molecule has 0 spiro atoms. The van der Waals surface area contributed by atoms with Crippen molar-refractivity contribution in [1.82, 2.24) is 19.4 Å². The first-order valence-corrected chi connectivity index (χ1v) is 15.8. The van der Waals surface area contributed by atoms with Crippen molar-refractivity contribution in [1.29, 1.82) is 0 Å². The van der Waals surface area contributed by atoms with E-state index in [0.717, 1.165) is 29.7 Å². The Morgan fingerprint density at radius 3 is 2.63 bits per heavy atom. The number of anilines is 1. The number of sulfonamides is 1. The van der Waals surface area contributed by atoms with E-state index >= 15 is 0 Å². The van der Waals surface area contributed by atoms with E-state index < -0.39 is 15.8 Å². The molecule has 1 aromatic heterocycles. The van der Waals surface area contributed by atoms with Gasteiger partial charge in [-0.1, -0.05) is 18.2 Å². The molecule has 0 unspecified atom stereocenters. The second-order valence-electron chi connectivity index (χ2n) is 10.8. The third kappa shape index (κ3) is 5.88. The largest absolute Gasteiger partial charge is 0.454 e. The lowest BCUT2D eigenvalue weighted by Gasteiger charge is -2.32. The number of carbonyl (C=O) groups excluding carboxylic acids is 1. The fourth-order valence-corrected chi connectivity index (χ4v) is 6.30. The van der Waals surface area contributed by atoms with E-state index in [1.54, 1.807) is 42.5 Å². The lowest BCUT2D eigenvalue weighted by molar-refractivity contribution is 0.103. The van der Waals surface area contributed by atoms with Crippen LogP contribution in [0.5, 0.6) is 11.5 Å². The Hall–Kier alpha value is -4.55. The minimum atomic E-state index is -3.17. The van der Waals surface area contributed by atoms with Crippen LogP contribution in [0.3, 0.4) is 0 Å². The summed E-state index contributed by atoms with van der Waals surface area (Å²) < 4.78 is 46.3. The first-order chi connectivity index (χ1) is 20.6. The number of nitrogen functional groups attached to an aromatic ring is 1. The SMILES string of the molecule is Cc1cc(Oc2ccccc2F)ccc1-n1ncc(C(=O)C2=CC3=CCC(NC4CCN(S(C)(=O)=O)CC4)=CC3=N2)c1N. The van der Waals surface area contributed by atoms with Gasteiger partial charge in [-0.05, 0) is 73.4 Å². The molecule has 1 saturated heterocycles. The number of hydrogen-bond acceptors (Lipinski definition) is 8. The van der Waals surface area contributed by atoms with Crippen LogP contribution >= 0.6 is 0 Å². The number of benzene rings is 2. The fourth-order valence-electron chi connectivity index (χ4n) is 5.43. The molecule has 3 aliphatic rings. The Bertz CT molecular complexity index is 1850. The third-order valence-corrected chi connectivity index (χ3v) is 9.04. The molecular formula is C31H31FN6O4S. The van der Waals surface area contributed by atoms with Crippen LogP contribution in [0.15, 0.2) is 88.8 Å². The van der Waals surface area contributed by atoms with E-state index in [9.17, 15) is 17.6 Å². The van der Waals surface area contributed by atoms with Gasteiger partial charge >= 0.3 is 0 Å². The second-order valence-corrected chi connectivity index (χ2v) is 12.8. The number of Topliss-reactive ketones (excluding diaryl/α,β-unsaturated/α-hetero) is 1. The third-order valence-electron chi connectivity index (χ3n) is 7.74. The lowest BCUT2D eigenvalue weighted by Crippen LogP contribution is -2.44. The maximum absolute atomic E-state index is 14.0. The summed E-state index contributed by atoms with van der Waals surface area (Å²) in [5.74, 6) is -0.0355. The summed E-state index contributed by atoms with van der Waals surface area (Å²) >= 11 is 0. The highest BCUT2D eigenvalue weighted by Gasteiger charge is 2.28. The first-order valence-electron chi connectivity index (χ1n) is 13.9. The van der Waals surface area contributed by atoms with Crippen LogP contribution in [0.2, 0.25) is 0 Å². The maximum Gasteiger partial charge on any atom is 0.216 e. The van der Waals surface area contributed by atoms with Crippen LogP contribution in [-0.4, -0.2) is 59.4 Å². The van der Waals surface area contributed by atoms with Crippen molar-refractivity contribution in [2.75, 3.05) is 25.1 Å². The highest BCUT2D eigenvalue weighted by molar-refractivity contribution is 7.88. The molecule has 0 atom stereocenters. The monoisotopic (exact) mass is 602 g/mol. The number of halogens is 1. The summed E-state index contributed by atoms with van der Waals surface area (Å²) in [5, 5.41) is 7.89. The van der Waals surface area contributed by atoms with E-state index in [-0.39, 0.29) is 34.7 Å². The van der Waals surface area contributed by atoms with Crippen LogP contribution < -0.4 is 15.8 Å². The topological polar surface area (TPSA) is 132 Å². The number of nitrogens with zero attached hydrogens (tertiary/aromatic N) is 4. The predicted octanol–water partition coefficient (Wildman–Crippen LogP) is 4.44. The van der Waals surface area contributed by atoms with E-state index in [0.29, 0.717) is 36.7 Å². The highest BCUT2D eigenvalue weighted by Crippen LogP contribution is 2.31. The number of piperidine rings is 1. The molecule has 12 heteroatoms. The summed E-state index contributed by atoms with van der Waals surface area (Å²) in [6, 6.07) is 11.5. The molecule has 2 aliphatic heterocycles. The molecule has 0 radical (unpaired) electrons. The summed E-state index contributed by atoms with van der Waals surface area (Å²) in [6.45, 7) is 2.83. The average Bonchev–Trinajstić information content (AvgIpc) is 3.57. The second kappa shape index (κ2) is 11.3. The summed E-state index contributed by atoms with van der Waals surface area (Å²) in [6.07, 6.45) is 10.5. The van der Waals surface area contributed by atoms with Crippen LogP contribution in [0.4, 0.5) is 10.2 Å². The zero-order valence-electron chi connectivity index (χ0n) is 23.7. The molecular weight excluding hydrogens is 571 g/mol. The standard InChI is InChI=1S/C31H31FN6O4S/c1-19-15-23(42-29-6-4-3-5-25(29)32)9-10-28(19)38-31(33)24(18-34-38)30(39)27-16-20-7-8-22(17-26(20)36-27)35-21-11-13-37(14-12-21)43(2,40)41/h3-7,9-10,15-18,21,35H,8,11-14,33H2,1-2H3. The molecule has 2 aromatic carbocycles. The normalized spacial score (nSPS) is 17.5. The predicted molar refractivity (Wildman–Crippen MR) is 162 cm³/mol. The van der Waals surface area contributed by atoms with Gasteiger partial charge in [-0.2, -0.15) is 5.10 Å². The number of rotatable bonds is 8. The minimum absolute atomic E-state index is 0.121.